The molecule has 10 heteroatoms. The van der Waals surface area contributed by atoms with Crippen molar-refractivity contribution in [1.82, 2.24) is 0 Å². The molecule has 41 heavy (non-hydrogen) atoms. The molecule has 0 saturated carbocycles. The molecule has 0 bridgehead atoms. The molecule has 0 atom stereocenters. The van der Waals surface area contributed by atoms with E-state index in [1.807, 2.05) is 0 Å². The van der Waals surface area contributed by atoms with E-state index in [1.54, 1.807) is 0 Å². The first-order valence-electron chi connectivity index (χ1n) is 13.8. The molecule has 3 aromatic carbocycles. The van der Waals surface area contributed by atoms with E-state index in [2.05, 4.69) is 6.92 Å². The number of nitrogens with zero attached hydrogens (tertiary/aromatic N) is 1. The Morgan fingerprint density at radius 2 is 1.24 bits per heavy atom. The van der Waals surface area contributed by atoms with E-state index in [9.17, 15) is 32.5 Å². The van der Waals surface area contributed by atoms with Gasteiger partial charge in [-0.2, -0.15) is 8.78 Å². The first-order valence-corrected chi connectivity index (χ1v) is 13.8. The number of carbonyl (C=O) groups is 1. The number of esters is 1. The lowest BCUT2D eigenvalue weighted by molar-refractivity contribution is -0.384. The fourth-order valence-corrected chi connectivity index (χ4v) is 4.33. The Bertz CT molecular complexity index is 1280. The van der Waals surface area contributed by atoms with Gasteiger partial charge in [0.2, 0.25) is 11.6 Å². The number of halogens is 4. The molecule has 0 aliphatic carbocycles. The zero-order chi connectivity index (χ0) is 29.8. The van der Waals surface area contributed by atoms with Gasteiger partial charge in [0, 0.05) is 12.1 Å². The number of hydrogen-bond donors (Lipinski definition) is 0. The minimum absolute atomic E-state index is 0.0229. The maximum absolute atomic E-state index is 14.8. The maximum atomic E-state index is 14.8. The number of benzene rings is 3. The molecular formula is C31H33F4NO5. The number of unbranched alkanes of at least 4 members (excludes halogenated alkanes) is 9. The third-order valence-electron chi connectivity index (χ3n) is 6.63. The Balaban J connectivity index is 1.57. The lowest BCUT2D eigenvalue weighted by Crippen LogP contribution is -2.09. The van der Waals surface area contributed by atoms with Crippen LogP contribution < -0.4 is 9.47 Å². The summed E-state index contributed by atoms with van der Waals surface area (Å²) < 4.78 is 69.3. The molecular weight excluding hydrogens is 542 g/mol. The molecule has 0 N–H and O–H groups in total. The van der Waals surface area contributed by atoms with E-state index in [0.29, 0.717) is 6.42 Å². The lowest BCUT2D eigenvalue weighted by Gasteiger charge is -2.13. The summed E-state index contributed by atoms with van der Waals surface area (Å²) in [5.74, 6) is -8.38. The van der Waals surface area contributed by atoms with Crippen molar-refractivity contribution < 1.29 is 36.8 Å². The van der Waals surface area contributed by atoms with E-state index < -0.39 is 45.5 Å². The number of nitro benzene ring substituents is 1. The highest BCUT2D eigenvalue weighted by Gasteiger charge is 2.27. The van der Waals surface area contributed by atoms with Crippen LogP contribution in [-0.2, 0) is 0 Å². The summed E-state index contributed by atoms with van der Waals surface area (Å²) in [6.45, 7) is 2.10. The Labute approximate surface area is 236 Å². The van der Waals surface area contributed by atoms with Crippen molar-refractivity contribution >= 4 is 11.7 Å². The molecule has 220 valence electrons. The fourth-order valence-electron chi connectivity index (χ4n) is 4.33. The molecule has 0 radical (unpaired) electrons. The molecule has 0 saturated heterocycles. The van der Waals surface area contributed by atoms with Gasteiger partial charge in [0.25, 0.3) is 5.69 Å². The first-order chi connectivity index (χ1) is 19.7. The SMILES string of the molecule is CCCCCCCCCCCCOc1c(F)c(F)c(-c2ccc(C(=O)Oc3ccc([N+](=O)[O-])cc3)cc2)c(F)c1F. The average Bonchev–Trinajstić information content (AvgIpc) is 2.97. The monoisotopic (exact) mass is 575 g/mol. The number of hydrogen-bond acceptors (Lipinski definition) is 5. The summed E-state index contributed by atoms with van der Waals surface area (Å²) >= 11 is 0. The van der Waals surface area contributed by atoms with Crippen molar-refractivity contribution in [3.05, 3.63) is 87.5 Å². The first kappa shape index (κ1) is 31.6. The second-order valence-electron chi connectivity index (χ2n) is 9.71. The maximum Gasteiger partial charge on any atom is 0.343 e. The molecule has 0 aliphatic heterocycles. The zero-order valence-electron chi connectivity index (χ0n) is 22.9. The van der Waals surface area contributed by atoms with Crippen LogP contribution in [0, 0.1) is 33.4 Å². The van der Waals surface area contributed by atoms with Gasteiger partial charge in [-0.3, -0.25) is 10.1 Å². The van der Waals surface area contributed by atoms with Crippen LogP contribution in [0.5, 0.6) is 11.5 Å². The Morgan fingerprint density at radius 3 is 1.76 bits per heavy atom. The average molecular weight is 576 g/mol. The molecule has 3 aromatic rings. The number of ether oxygens (including phenoxy) is 2. The van der Waals surface area contributed by atoms with Gasteiger partial charge in [-0.15, -0.1) is 0 Å². The topological polar surface area (TPSA) is 78.7 Å². The molecule has 0 spiro atoms. The van der Waals surface area contributed by atoms with Crippen LogP contribution in [0.15, 0.2) is 48.5 Å². The van der Waals surface area contributed by atoms with Crippen LogP contribution in [-0.4, -0.2) is 17.5 Å². The van der Waals surface area contributed by atoms with E-state index in [0.717, 1.165) is 49.9 Å². The van der Waals surface area contributed by atoms with E-state index in [1.165, 1.54) is 56.4 Å². The minimum atomic E-state index is -1.63. The van der Waals surface area contributed by atoms with Gasteiger partial charge >= 0.3 is 5.97 Å². The Hall–Kier alpha value is -3.95. The standard InChI is InChI=1S/C31H33F4NO5/c1-2-3-4-5-6-7-8-9-10-11-20-40-30-28(34)26(32)25(27(33)29(30)35)21-12-14-22(15-13-21)31(37)41-24-18-16-23(17-19-24)36(38)39/h12-19H,2-11,20H2,1H3. The van der Waals surface area contributed by atoms with Gasteiger partial charge in [-0.1, -0.05) is 76.8 Å². The lowest BCUT2D eigenvalue weighted by atomic mass is 10.0. The van der Waals surface area contributed by atoms with E-state index in [-0.39, 0.29) is 29.2 Å². The number of nitro groups is 1. The summed E-state index contributed by atoms with van der Waals surface area (Å²) in [6.07, 6.45) is 10.5. The largest absolute Gasteiger partial charge is 0.487 e. The molecule has 6 nitrogen and oxygen atoms in total. The van der Waals surface area contributed by atoms with Gasteiger partial charge in [0.15, 0.2) is 17.4 Å². The summed E-state index contributed by atoms with van der Waals surface area (Å²) in [6, 6.07) is 9.38. The summed E-state index contributed by atoms with van der Waals surface area (Å²) in [5.41, 5.74) is -1.34. The minimum Gasteiger partial charge on any atom is -0.487 e. The van der Waals surface area contributed by atoms with Crippen molar-refractivity contribution in [2.24, 2.45) is 0 Å². The van der Waals surface area contributed by atoms with Crippen molar-refractivity contribution in [1.29, 1.82) is 0 Å². The third-order valence-corrected chi connectivity index (χ3v) is 6.63. The van der Waals surface area contributed by atoms with Gasteiger partial charge < -0.3 is 9.47 Å². The molecule has 0 aromatic heterocycles. The van der Waals surface area contributed by atoms with Crippen LogP contribution in [0.4, 0.5) is 23.2 Å². The van der Waals surface area contributed by atoms with Crippen LogP contribution in [0.3, 0.4) is 0 Å². The highest BCUT2D eigenvalue weighted by atomic mass is 19.2. The number of rotatable bonds is 16. The van der Waals surface area contributed by atoms with E-state index in [4.69, 9.17) is 9.47 Å². The van der Waals surface area contributed by atoms with E-state index >= 15 is 0 Å². The van der Waals surface area contributed by atoms with Crippen molar-refractivity contribution in [2.75, 3.05) is 6.61 Å². The highest BCUT2D eigenvalue weighted by Crippen LogP contribution is 2.36. The molecule has 0 unspecified atom stereocenters. The Kier molecular flexibility index (Phi) is 12.1. The number of non-ortho nitro benzene ring substituents is 1. The van der Waals surface area contributed by atoms with Crippen LogP contribution in [0.25, 0.3) is 11.1 Å². The normalized spacial score (nSPS) is 11.0. The van der Waals surface area contributed by atoms with Crippen molar-refractivity contribution in [2.45, 2.75) is 71.1 Å². The second-order valence-corrected chi connectivity index (χ2v) is 9.71. The third kappa shape index (κ3) is 8.77. The molecule has 0 amide bonds. The quantitative estimate of drug-likeness (QED) is 0.0323. The van der Waals surface area contributed by atoms with Gasteiger partial charge in [0.1, 0.15) is 5.75 Å². The highest BCUT2D eigenvalue weighted by molar-refractivity contribution is 5.91. The van der Waals surface area contributed by atoms with Crippen LogP contribution in [0.1, 0.15) is 81.5 Å². The summed E-state index contributed by atoms with van der Waals surface area (Å²) in [7, 11) is 0. The summed E-state index contributed by atoms with van der Waals surface area (Å²) in [4.78, 5) is 22.5. The van der Waals surface area contributed by atoms with Gasteiger partial charge in [0.05, 0.1) is 22.7 Å². The second kappa shape index (κ2) is 15.7. The zero-order valence-corrected chi connectivity index (χ0v) is 22.9. The number of carbonyl (C=O) groups excluding carboxylic acids is 1. The van der Waals surface area contributed by atoms with Crippen LogP contribution in [0.2, 0.25) is 0 Å². The summed E-state index contributed by atoms with van der Waals surface area (Å²) in [5, 5.41) is 10.7. The van der Waals surface area contributed by atoms with Crippen LogP contribution >= 0.6 is 0 Å². The molecule has 0 aliphatic rings. The molecule has 0 fully saturated rings. The molecule has 3 rings (SSSR count). The van der Waals surface area contributed by atoms with Gasteiger partial charge in [-0.25, -0.2) is 13.6 Å². The van der Waals surface area contributed by atoms with Gasteiger partial charge in [-0.05, 0) is 36.2 Å². The smallest absolute Gasteiger partial charge is 0.343 e. The van der Waals surface area contributed by atoms with Crippen molar-refractivity contribution in [3.8, 4) is 22.6 Å². The Morgan fingerprint density at radius 1 is 0.732 bits per heavy atom. The fraction of sp³-hybridized carbons (Fsp3) is 0.387. The van der Waals surface area contributed by atoms with Crippen molar-refractivity contribution in [3.63, 3.8) is 0 Å². The predicted molar refractivity (Wildman–Crippen MR) is 147 cm³/mol. The molecule has 0 heterocycles. The predicted octanol–water partition coefficient (Wildman–Crippen LogP) is 9.34.